The van der Waals surface area contributed by atoms with Crippen LogP contribution >= 0.6 is 0 Å². The van der Waals surface area contributed by atoms with Crippen molar-refractivity contribution in [1.29, 1.82) is 0 Å². The first-order valence-electron chi connectivity index (χ1n) is 5.67. The van der Waals surface area contributed by atoms with Gasteiger partial charge in [-0.3, -0.25) is 0 Å². The Morgan fingerprint density at radius 2 is 2.24 bits per heavy atom. The predicted molar refractivity (Wildman–Crippen MR) is 68.5 cm³/mol. The van der Waals surface area contributed by atoms with E-state index in [1.165, 1.54) is 0 Å². The molecule has 0 amide bonds. The van der Waals surface area contributed by atoms with Crippen LogP contribution in [0.1, 0.15) is 17.4 Å². The van der Waals surface area contributed by atoms with E-state index in [0.29, 0.717) is 6.54 Å². The van der Waals surface area contributed by atoms with Gasteiger partial charge in [-0.25, -0.2) is 0 Å². The van der Waals surface area contributed by atoms with Gasteiger partial charge in [-0.05, 0) is 20.0 Å². The SMILES string of the molecule is CNCC(O)c1c(C)[nH]c2c(OC)cccc12. The minimum Gasteiger partial charge on any atom is -0.495 e. The second kappa shape index (κ2) is 4.77. The third-order valence-corrected chi connectivity index (χ3v) is 2.98. The Morgan fingerprint density at radius 3 is 2.88 bits per heavy atom. The molecule has 1 aromatic heterocycles. The lowest BCUT2D eigenvalue weighted by Crippen LogP contribution is -2.17. The lowest BCUT2D eigenvalue weighted by atomic mass is 10.1. The van der Waals surface area contributed by atoms with Crippen LogP contribution in [0.25, 0.3) is 10.9 Å². The maximum Gasteiger partial charge on any atom is 0.142 e. The van der Waals surface area contributed by atoms with E-state index in [0.717, 1.165) is 27.9 Å². The topological polar surface area (TPSA) is 57.3 Å². The number of ether oxygens (including phenoxy) is 1. The fourth-order valence-corrected chi connectivity index (χ4v) is 2.24. The van der Waals surface area contributed by atoms with E-state index in [1.807, 2.05) is 32.2 Å². The maximum atomic E-state index is 10.1. The fourth-order valence-electron chi connectivity index (χ4n) is 2.24. The smallest absolute Gasteiger partial charge is 0.142 e. The Kier molecular flexibility index (Phi) is 3.36. The molecule has 1 aromatic carbocycles. The van der Waals surface area contributed by atoms with Gasteiger partial charge in [0.05, 0.1) is 18.7 Å². The fraction of sp³-hybridized carbons (Fsp3) is 0.385. The molecule has 0 saturated heterocycles. The van der Waals surface area contributed by atoms with Gasteiger partial charge >= 0.3 is 0 Å². The van der Waals surface area contributed by atoms with E-state index in [2.05, 4.69) is 10.3 Å². The van der Waals surface area contributed by atoms with Gasteiger partial charge in [0.15, 0.2) is 0 Å². The van der Waals surface area contributed by atoms with Crippen molar-refractivity contribution in [1.82, 2.24) is 10.3 Å². The minimum absolute atomic E-state index is 0.513. The lowest BCUT2D eigenvalue weighted by Gasteiger charge is -2.10. The minimum atomic E-state index is -0.513. The number of para-hydroxylation sites is 1. The summed E-state index contributed by atoms with van der Waals surface area (Å²) in [4.78, 5) is 3.27. The van der Waals surface area contributed by atoms with Crippen LogP contribution in [0.5, 0.6) is 5.75 Å². The monoisotopic (exact) mass is 234 g/mol. The van der Waals surface area contributed by atoms with Gasteiger partial charge in [0.1, 0.15) is 5.75 Å². The van der Waals surface area contributed by atoms with Gasteiger partial charge < -0.3 is 20.1 Å². The summed E-state index contributed by atoms with van der Waals surface area (Å²) in [5.41, 5.74) is 2.86. The van der Waals surface area contributed by atoms with E-state index < -0.39 is 6.10 Å². The van der Waals surface area contributed by atoms with Crippen molar-refractivity contribution in [2.45, 2.75) is 13.0 Å². The van der Waals surface area contributed by atoms with Crippen LogP contribution in [0.3, 0.4) is 0 Å². The molecular formula is C13H18N2O2. The summed E-state index contributed by atoms with van der Waals surface area (Å²) in [6.45, 7) is 2.50. The standard InChI is InChI=1S/C13H18N2O2/c1-8-12(10(16)7-14-2)9-5-4-6-11(17-3)13(9)15-8/h4-6,10,14-16H,7H2,1-3H3. The number of methoxy groups -OCH3 is 1. The van der Waals surface area contributed by atoms with Gasteiger partial charge in [-0.2, -0.15) is 0 Å². The molecule has 0 fully saturated rings. The van der Waals surface area contributed by atoms with E-state index in [-0.39, 0.29) is 0 Å². The number of aryl methyl sites for hydroxylation is 1. The first-order chi connectivity index (χ1) is 8.19. The Morgan fingerprint density at radius 1 is 1.47 bits per heavy atom. The van der Waals surface area contributed by atoms with Gasteiger partial charge in [0.2, 0.25) is 0 Å². The highest BCUT2D eigenvalue weighted by atomic mass is 16.5. The highest BCUT2D eigenvalue weighted by Crippen LogP contribution is 2.32. The first kappa shape index (κ1) is 12.0. The highest BCUT2D eigenvalue weighted by Gasteiger charge is 2.17. The van der Waals surface area contributed by atoms with Crippen molar-refractivity contribution in [3.63, 3.8) is 0 Å². The summed E-state index contributed by atoms with van der Waals surface area (Å²) in [6, 6.07) is 5.84. The van der Waals surface area contributed by atoms with Gasteiger partial charge in [0.25, 0.3) is 0 Å². The normalized spacial score (nSPS) is 12.9. The molecule has 0 bridgehead atoms. The lowest BCUT2D eigenvalue weighted by molar-refractivity contribution is 0.178. The Hall–Kier alpha value is -1.52. The van der Waals surface area contributed by atoms with E-state index in [9.17, 15) is 5.11 Å². The predicted octanol–water partition coefficient (Wildman–Crippen LogP) is 1.74. The molecule has 4 nitrogen and oxygen atoms in total. The van der Waals surface area contributed by atoms with E-state index in [4.69, 9.17) is 4.74 Å². The summed E-state index contributed by atoms with van der Waals surface area (Å²) in [7, 11) is 3.47. The number of aromatic nitrogens is 1. The molecular weight excluding hydrogens is 216 g/mol. The largest absolute Gasteiger partial charge is 0.495 e. The summed E-state index contributed by atoms with van der Waals surface area (Å²) in [6.07, 6.45) is -0.513. The number of H-pyrrole nitrogens is 1. The number of aliphatic hydroxyl groups excluding tert-OH is 1. The zero-order chi connectivity index (χ0) is 12.4. The molecule has 2 rings (SSSR count). The summed E-state index contributed by atoms with van der Waals surface area (Å²) >= 11 is 0. The molecule has 3 N–H and O–H groups in total. The molecule has 1 atom stereocenters. The summed E-state index contributed by atoms with van der Waals surface area (Å²) in [5.74, 6) is 0.800. The molecule has 4 heteroatoms. The molecule has 0 spiro atoms. The van der Waals surface area contributed by atoms with Crippen LogP contribution in [0.2, 0.25) is 0 Å². The van der Waals surface area contributed by atoms with Crippen molar-refractivity contribution in [3.8, 4) is 5.75 Å². The van der Waals surface area contributed by atoms with Crippen molar-refractivity contribution in [3.05, 3.63) is 29.5 Å². The number of aliphatic hydroxyl groups is 1. The average Bonchev–Trinajstić information content (AvgIpc) is 2.65. The molecule has 1 heterocycles. The second-order valence-corrected chi connectivity index (χ2v) is 4.12. The third-order valence-electron chi connectivity index (χ3n) is 2.98. The van der Waals surface area contributed by atoms with E-state index >= 15 is 0 Å². The molecule has 0 radical (unpaired) electrons. The van der Waals surface area contributed by atoms with Gasteiger partial charge in [-0.15, -0.1) is 0 Å². The number of likely N-dealkylation sites (N-methyl/N-ethyl adjacent to an activating group) is 1. The molecule has 0 saturated carbocycles. The zero-order valence-corrected chi connectivity index (χ0v) is 10.4. The number of nitrogens with one attached hydrogen (secondary N) is 2. The molecule has 0 aliphatic heterocycles. The van der Waals surface area contributed by atoms with E-state index in [1.54, 1.807) is 7.11 Å². The molecule has 2 aromatic rings. The van der Waals surface area contributed by atoms with Crippen LogP contribution < -0.4 is 10.1 Å². The quantitative estimate of drug-likeness (QED) is 0.755. The van der Waals surface area contributed by atoms with Gasteiger partial charge in [0, 0.05) is 23.2 Å². The van der Waals surface area contributed by atoms with Crippen LogP contribution in [0.15, 0.2) is 18.2 Å². The molecule has 0 aliphatic carbocycles. The highest BCUT2D eigenvalue weighted by molar-refractivity contribution is 5.89. The molecule has 17 heavy (non-hydrogen) atoms. The number of hydrogen-bond acceptors (Lipinski definition) is 3. The van der Waals surface area contributed by atoms with Crippen molar-refractivity contribution < 1.29 is 9.84 Å². The number of hydrogen-bond donors (Lipinski definition) is 3. The van der Waals surface area contributed by atoms with Crippen LogP contribution in [-0.2, 0) is 0 Å². The van der Waals surface area contributed by atoms with Gasteiger partial charge in [-0.1, -0.05) is 12.1 Å². The number of aromatic amines is 1. The van der Waals surface area contributed by atoms with Crippen molar-refractivity contribution in [2.75, 3.05) is 20.7 Å². The second-order valence-electron chi connectivity index (χ2n) is 4.12. The van der Waals surface area contributed by atoms with Crippen LogP contribution in [-0.4, -0.2) is 30.8 Å². The Labute approximate surface area is 101 Å². The van der Waals surface area contributed by atoms with Crippen molar-refractivity contribution in [2.24, 2.45) is 0 Å². The Bertz CT molecular complexity index is 519. The Balaban J connectivity index is 2.59. The van der Waals surface area contributed by atoms with Crippen molar-refractivity contribution >= 4 is 10.9 Å². The van der Waals surface area contributed by atoms with Crippen LogP contribution in [0, 0.1) is 6.92 Å². The van der Waals surface area contributed by atoms with Crippen LogP contribution in [0.4, 0.5) is 0 Å². The summed E-state index contributed by atoms with van der Waals surface area (Å²) < 4.78 is 5.31. The number of benzene rings is 1. The molecule has 92 valence electrons. The number of rotatable bonds is 4. The summed E-state index contributed by atoms with van der Waals surface area (Å²) in [5, 5.41) is 14.1. The zero-order valence-electron chi connectivity index (χ0n) is 10.4. The molecule has 1 unspecified atom stereocenters. The molecule has 0 aliphatic rings. The first-order valence-corrected chi connectivity index (χ1v) is 5.67. The average molecular weight is 234 g/mol. The third kappa shape index (κ3) is 2.01. The maximum absolute atomic E-state index is 10.1. The number of fused-ring (bicyclic) bond motifs is 1.